The van der Waals surface area contributed by atoms with E-state index >= 15 is 0 Å². The molecule has 0 amide bonds. The molecule has 3 nitrogen and oxygen atoms in total. The van der Waals surface area contributed by atoms with Crippen LogP contribution < -0.4 is 11.1 Å². The van der Waals surface area contributed by atoms with Crippen molar-refractivity contribution in [2.75, 3.05) is 18.4 Å². The van der Waals surface area contributed by atoms with E-state index in [1.807, 2.05) is 0 Å². The molecule has 0 spiro atoms. The molecule has 0 aliphatic rings. The molecule has 0 aliphatic carbocycles. The monoisotopic (exact) mass is 211 g/mol. The van der Waals surface area contributed by atoms with E-state index in [1.54, 1.807) is 12.3 Å². The van der Waals surface area contributed by atoms with Gasteiger partial charge in [-0.15, -0.1) is 0 Å². The van der Waals surface area contributed by atoms with Crippen LogP contribution in [0.25, 0.3) is 0 Å². The summed E-state index contributed by atoms with van der Waals surface area (Å²) in [6.07, 6.45) is 3.61. The van der Waals surface area contributed by atoms with Crippen molar-refractivity contribution in [3.63, 3.8) is 0 Å². The van der Waals surface area contributed by atoms with E-state index in [-0.39, 0.29) is 5.82 Å². The molecule has 1 rings (SSSR count). The smallest absolute Gasteiger partial charge is 0.165 e. The van der Waals surface area contributed by atoms with Gasteiger partial charge >= 0.3 is 0 Å². The van der Waals surface area contributed by atoms with Crippen LogP contribution in [0.4, 0.5) is 10.2 Å². The summed E-state index contributed by atoms with van der Waals surface area (Å²) in [5.74, 6) is 0.558. The van der Waals surface area contributed by atoms with Crippen LogP contribution in [-0.2, 0) is 0 Å². The Bertz CT molecular complexity index is 291. The summed E-state index contributed by atoms with van der Waals surface area (Å²) in [5.41, 5.74) is 5.50. The van der Waals surface area contributed by atoms with Crippen molar-refractivity contribution < 1.29 is 4.39 Å². The number of rotatable bonds is 6. The second-order valence-corrected chi connectivity index (χ2v) is 3.74. The van der Waals surface area contributed by atoms with E-state index in [2.05, 4.69) is 17.2 Å². The molecular weight excluding hydrogens is 193 g/mol. The number of hydrogen-bond acceptors (Lipinski definition) is 3. The maximum atomic E-state index is 13.1. The van der Waals surface area contributed by atoms with Gasteiger partial charge in [-0.05, 0) is 37.4 Å². The Balaban J connectivity index is 2.23. The second-order valence-electron chi connectivity index (χ2n) is 3.74. The first kappa shape index (κ1) is 11.9. The number of nitrogens with one attached hydrogen (secondary N) is 1. The lowest BCUT2D eigenvalue weighted by Gasteiger charge is -2.09. The van der Waals surface area contributed by atoms with Gasteiger partial charge in [-0.3, -0.25) is 0 Å². The van der Waals surface area contributed by atoms with E-state index in [1.165, 1.54) is 6.07 Å². The number of nitrogens with two attached hydrogens (primary N) is 1. The third kappa shape index (κ3) is 4.25. The number of halogens is 1. The first-order valence-corrected chi connectivity index (χ1v) is 5.28. The topological polar surface area (TPSA) is 50.9 Å². The Morgan fingerprint density at radius 3 is 3.07 bits per heavy atom. The molecule has 0 saturated carbocycles. The normalized spacial score (nSPS) is 12.5. The molecule has 1 aromatic heterocycles. The summed E-state index contributed by atoms with van der Waals surface area (Å²) in [5, 5.41) is 2.97. The third-order valence-electron chi connectivity index (χ3n) is 2.33. The highest BCUT2D eigenvalue weighted by Gasteiger charge is 2.01. The molecule has 0 fully saturated rings. The van der Waals surface area contributed by atoms with Gasteiger partial charge < -0.3 is 11.1 Å². The van der Waals surface area contributed by atoms with Gasteiger partial charge in [0, 0.05) is 12.7 Å². The van der Waals surface area contributed by atoms with Crippen LogP contribution in [0, 0.1) is 11.7 Å². The minimum absolute atomic E-state index is 0.302. The summed E-state index contributed by atoms with van der Waals surface area (Å²) in [6.45, 7) is 3.55. The van der Waals surface area contributed by atoms with Gasteiger partial charge in [0.05, 0.1) is 0 Å². The summed E-state index contributed by atoms with van der Waals surface area (Å²) in [4.78, 5) is 3.90. The van der Waals surface area contributed by atoms with E-state index in [0.29, 0.717) is 18.3 Å². The molecule has 0 aliphatic heterocycles. The Morgan fingerprint density at radius 1 is 1.60 bits per heavy atom. The van der Waals surface area contributed by atoms with Gasteiger partial charge in [0.25, 0.3) is 0 Å². The lowest BCUT2D eigenvalue weighted by atomic mass is 10.1. The molecule has 1 unspecified atom stereocenters. The zero-order chi connectivity index (χ0) is 11.1. The molecule has 0 saturated heterocycles. The molecule has 3 N–H and O–H groups in total. The zero-order valence-corrected chi connectivity index (χ0v) is 9.04. The van der Waals surface area contributed by atoms with Gasteiger partial charge in [0.2, 0.25) is 0 Å². The predicted molar refractivity (Wildman–Crippen MR) is 60.1 cm³/mol. The number of pyridine rings is 1. The Kier molecular flexibility index (Phi) is 5.04. The van der Waals surface area contributed by atoms with Crippen molar-refractivity contribution in [2.24, 2.45) is 11.7 Å². The highest BCUT2D eigenvalue weighted by Crippen LogP contribution is 2.09. The second kappa shape index (κ2) is 6.35. The van der Waals surface area contributed by atoms with Crippen LogP contribution in [0.1, 0.15) is 19.8 Å². The SMILES string of the molecule is CC(CN)CCCNc1ncccc1F. The lowest BCUT2D eigenvalue weighted by Crippen LogP contribution is -2.13. The van der Waals surface area contributed by atoms with Gasteiger partial charge in [-0.25, -0.2) is 9.37 Å². The number of hydrogen-bond donors (Lipinski definition) is 2. The minimum atomic E-state index is -0.302. The first-order chi connectivity index (χ1) is 7.24. The molecular formula is C11H18FN3. The largest absolute Gasteiger partial charge is 0.368 e. The van der Waals surface area contributed by atoms with Crippen LogP contribution in [0.5, 0.6) is 0 Å². The maximum Gasteiger partial charge on any atom is 0.165 e. The van der Waals surface area contributed by atoms with Crippen LogP contribution >= 0.6 is 0 Å². The van der Waals surface area contributed by atoms with Crippen molar-refractivity contribution in [3.8, 4) is 0 Å². The molecule has 84 valence electrons. The molecule has 4 heteroatoms. The number of aromatic nitrogens is 1. The predicted octanol–water partition coefficient (Wildman–Crippen LogP) is 2.01. The highest BCUT2D eigenvalue weighted by atomic mass is 19.1. The number of anilines is 1. The Labute approximate surface area is 89.9 Å². The van der Waals surface area contributed by atoms with Crippen LogP contribution in [0.15, 0.2) is 18.3 Å². The van der Waals surface area contributed by atoms with Crippen LogP contribution in [0.2, 0.25) is 0 Å². The van der Waals surface area contributed by atoms with E-state index in [4.69, 9.17) is 5.73 Å². The number of nitrogens with zero attached hydrogens (tertiary/aromatic N) is 1. The quantitative estimate of drug-likeness (QED) is 0.708. The third-order valence-corrected chi connectivity index (χ3v) is 2.33. The Morgan fingerprint density at radius 2 is 2.40 bits per heavy atom. The summed E-state index contributed by atoms with van der Waals surface area (Å²) in [7, 11) is 0. The van der Waals surface area contributed by atoms with E-state index in [0.717, 1.165) is 19.4 Å². The molecule has 1 atom stereocenters. The fourth-order valence-corrected chi connectivity index (χ4v) is 1.29. The van der Waals surface area contributed by atoms with E-state index < -0.39 is 0 Å². The molecule has 0 radical (unpaired) electrons. The van der Waals surface area contributed by atoms with Gasteiger partial charge in [0.1, 0.15) is 0 Å². The first-order valence-electron chi connectivity index (χ1n) is 5.28. The molecule has 0 bridgehead atoms. The average molecular weight is 211 g/mol. The van der Waals surface area contributed by atoms with Gasteiger partial charge in [-0.1, -0.05) is 6.92 Å². The van der Waals surface area contributed by atoms with Crippen molar-refractivity contribution in [1.82, 2.24) is 4.98 Å². The van der Waals surface area contributed by atoms with Gasteiger partial charge in [0.15, 0.2) is 11.6 Å². The van der Waals surface area contributed by atoms with Crippen molar-refractivity contribution >= 4 is 5.82 Å². The van der Waals surface area contributed by atoms with Gasteiger partial charge in [-0.2, -0.15) is 0 Å². The summed E-state index contributed by atoms with van der Waals surface area (Å²) < 4.78 is 13.1. The minimum Gasteiger partial charge on any atom is -0.368 e. The average Bonchev–Trinajstić information content (AvgIpc) is 2.26. The van der Waals surface area contributed by atoms with Crippen LogP contribution in [0.3, 0.4) is 0 Å². The highest BCUT2D eigenvalue weighted by molar-refractivity contribution is 5.35. The lowest BCUT2D eigenvalue weighted by molar-refractivity contribution is 0.528. The summed E-state index contributed by atoms with van der Waals surface area (Å²) >= 11 is 0. The molecule has 0 aromatic carbocycles. The standard InChI is InChI=1S/C11H18FN3/c1-9(8-13)4-2-6-14-11-10(12)5-3-7-15-11/h3,5,7,9H,2,4,6,8,13H2,1H3,(H,14,15). The van der Waals surface area contributed by atoms with Crippen molar-refractivity contribution in [1.29, 1.82) is 0 Å². The molecule has 1 aromatic rings. The fraction of sp³-hybridized carbons (Fsp3) is 0.545. The van der Waals surface area contributed by atoms with Crippen molar-refractivity contribution in [2.45, 2.75) is 19.8 Å². The zero-order valence-electron chi connectivity index (χ0n) is 9.04. The van der Waals surface area contributed by atoms with Crippen LogP contribution in [-0.4, -0.2) is 18.1 Å². The van der Waals surface area contributed by atoms with E-state index in [9.17, 15) is 4.39 Å². The fourth-order valence-electron chi connectivity index (χ4n) is 1.29. The Hall–Kier alpha value is -1.16. The van der Waals surface area contributed by atoms with Crippen molar-refractivity contribution in [3.05, 3.63) is 24.1 Å². The molecule has 1 heterocycles. The summed E-state index contributed by atoms with van der Waals surface area (Å²) in [6, 6.07) is 2.98. The molecule has 15 heavy (non-hydrogen) atoms. The maximum absolute atomic E-state index is 13.1.